The summed E-state index contributed by atoms with van der Waals surface area (Å²) in [5.74, 6) is -0.184. The topological polar surface area (TPSA) is 105 Å². The summed E-state index contributed by atoms with van der Waals surface area (Å²) < 4.78 is 23.3. The molecule has 1 amide bonds. The van der Waals surface area contributed by atoms with E-state index in [1.54, 1.807) is 6.08 Å². The third-order valence-corrected chi connectivity index (χ3v) is 13.0. The Morgan fingerprint density at radius 1 is 0.538 bits per heavy atom. The Labute approximate surface area is 402 Å². The number of nitrogens with zero attached hydrogens (tertiary/aromatic N) is 1. The summed E-state index contributed by atoms with van der Waals surface area (Å²) in [6.07, 6.45) is 64.2. The van der Waals surface area contributed by atoms with E-state index in [1.807, 2.05) is 27.2 Å². The van der Waals surface area contributed by atoms with Crippen molar-refractivity contribution in [2.24, 2.45) is 0 Å². The molecule has 0 aromatic rings. The molecule has 0 aromatic carbocycles. The lowest BCUT2D eigenvalue weighted by Gasteiger charge is -2.25. The fraction of sp³-hybridized carbons (Fsp3) is 0.804. The zero-order chi connectivity index (χ0) is 47.8. The fourth-order valence-electron chi connectivity index (χ4n) is 7.73. The molecular formula is C56H106N2O6P+. The minimum absolute atomic E-state index is 0.0608. The Bertz CT molecular complexity index is 1240. The number of aliphatic hydroxyl groups is 1. The van der Waals surface area contributed by atoms with Crippen LogP contribution in [0, 0.1) is 0 Å². The lowest BCUT2D eigenvalue weighted by Crippen LogP contribution is -2.45. The molecule has 0 fully saturated rings. The van der Waals surface area contributed by atoms with Crippen LogP contribution in [-0.2, 0) is 18.4 Å². The van der Waals surface area contributed by atoms with Gasteiger partial charge in [-0.1, -0.05) is 242 Å². The molecule has 0 saturated carbocycles. The average molecular weight is 934 g/mol. The van der Waals surface area contributed by atoms with Gasteiger partial charge in [-0.25, -0.2) is 4.57 Å². The van der Waals surface area contributed by atoms with E-state index < -0.39 is 20.0 Å². The highest BCUT2D eigenvalue weighted by Crippen LogP contribution is 2.43. The summed E-state index contributed by atoms with van der Waals surface area (Å²) in [5.41, 5.74) is 0. The lowest BCUT2D eigenvalue weighted by molar-refractivity contribution is -0.870. The molecular weight excluding hydrogens is 828 g/mol. The van der Waals surface area contributed by atoms with Gasteiger partial charge in [0.2, 0.25) is 5.91 Å². The molecule has 0 saturated heterocycles. The number of hydrogen-bond acceptors (Lipinski definition) is 5. The first-order valence-corrected chi connectivity index (χ1v) is 28.7. The van der Waals surface area contributed by atoms with Gasteiger partial charge in [0.15, 0.2) is 0 Å². The van der Waals surface area contributed by atoms with E-state index >= 15 is 0 Å². The normalized spacial score (nSPS) is 14.5. The molecule has 0 heterocycles. The highest BCUT2D eigenvalue weighted by atomic mass is 31.2. The number of nitrogens with one attached hydrogen (secondary N) is 1. The second-order valence-electron chi connectivity index (χ2n) is 19.6. The molecule has 0 rings (SSSR count). The third-order valence-electron chi connectivity index (χ3n) is 12.0. The van der Waals surface area contributed by atoms with Gasteiger partial charge < -0.3 is 19.8 Å². The van der Waals surface area contributed by atoms with E-state index in [-0.39, 0.29) is 19.1 Å². The maximum atomic E-state index is 12.8. The maximum absolute atomic E-state index is 12.8. The van der Waals surface area contributed by atoms with Crippen LogP contribution in [0.15, 0.2) is 60.8 Å². The number of amides is 1. The van der Waals surface area contributed by atoms with Gasteiger partial charge in [0.05, 0.1) is 39.9 Å². The van der Waals surface area contributed by atoms with Crippen molar-refractivity contribution in [1.29, 1.82) is 0 Å². The van der Waals surface area contributed by atoms with Crippen molar-refractivity contribution in [2.75, 3.05) is 40.9 Å². The number of allylic oxidation sites excluding steroid dienone is 9. The largest absolute Gasteiger partial charge is 0.472 e. The van der Waals surface area contributed by atoms with Crippen LogP contribution in [0.3, 0.4) is 0 Å². The smallest absolute Gasteiger partial charge is 0.387 e. The molecule has 0 aliphatic carbocycles. The standard InChI is InChI=1S/C56H105N2O6P/c1-6-8-10-12-13-14-15-16-17-18-19-20-21-22-23-24-25-26-27-28-29-30-31-32-33-34-35-36-37-38-39-40-41-42-43-44-45-46-48-50-56(60)57-54(55(59)49-47-11-9-7-2)53-64-65(61,62)63-52-51-58(3,4)5/h8,10,13-14,16-17,19-20,47,49,54-55,59H,6-7,9,11-12,15,18,21-46,48,50-53H2,1-5H3,(H-,57,60,61,62)/p+1/b10-8-,14-13-,17-16-,20-19-,49-47+. The number of phosphoric ester groups is 1. The van der Waals surface area contributed by atoms with Crippen molar-refractivity contribution in [1.82, 2.24) is 5.32 Å². The second-order valence-corrected chi connectivity index (χ2v) is 21.0. The summed E-state index contributed by atoms with van der Waals surface area (Å²) in [4.78, 5) is 22.9. The number of likely N-dealkylation sites (N-methyl/N-ethyl adjacent to an activating group) is 1. The zero-order valence-electron chi connectivity index (χ0n) is 43.2. The Hall–Kier alpha value is -1.80. The van der Waals surface area contributed by atoms with E-state index in [2.05, 4.69) is 67.8 Å². The molecule has 0 radical (unpaired) electrons. The fourth-order valence-corrected chi connectivity index (χ4v) is 8.46. The number of aliphatic hydroxyl groups excluding tert-OH is 1. The van der Waals surface area contributed by atoms with Crippen LogP contribution >= 0.6 is 7.82 Å². The second kappa shape index (κ2) is 47.3. The van der Waals surface area contributed by atoms with Crippen molar-refractivity contribution < 1.29 is 32.9 Å². The minimum Gasteiger partial charge on any atom is -0.387 e. The molecule has 3 unspecified atom stereocenters. The quantitative estimate of drug-likeness (QED) is 0.0243. The summed E-state index contributed by atoms with van der Waals surface area (Å²) in [6, 6.07) is -0.840. The van der Waals surface area contributed by atoms with E-state index in [4.69, 9.17) is 9.05 Å². The summed E-state index contributed by atoms with van der Waals surface area (Å²) in [6.45, 7) is 4.55. The molecule has 65 heavy (non-hydrogen) atoms. The molecule has 0 bridgehead atoms. The Morgan fingerprint density at radius 2 is 0.923 bits per heavy atom. The molecule has 0 aliphatic heterocycles. The lowest BCUT2D eigenvalue weighted by atomic mass is 10.0. The summed E-state index contributed by atoms with van der Waals surface area (Å²) in [7, 11) is 1.57. The molecule has 3 atom stereocenters. The van der Waals surface area contributed by atoms with Gasteiger partial charge in [-0.2, -0.15) is 0 Å². The van der Waals surface area contributed by atoms with E-state index in [0.29, 0.717) is 17.4 Å². The van der Waals surface area contributed by atoms with E-state index in [0.717, 1.165) is 64.2 Å². The van der Waals surface area contributed by atoms with E-state index in [1.165, 1.54) is 154 Å². The molecule has 8 nitrogen and oxygen atoms in total. The van der Waals surface area contributed by atoms with Crippen molar-refractivity contribution in [3.63, 3.8) is 0 Å². The number of carbonyl (C=O) groups excluding carboxylic acids is 1. The van der Waals surface area contributed by atoms with Gasteiger partial charge in [-0.15, -0.1) is 0 Å². The molecule has 380 valence electrons. The van der Waals surface area contributed by atoms with Crippen molar-refractivity contribution in [3.8, 4) is 0 Å². The van der Waals surface area contributed by atoms with Gasteiger partial charge in [0, 0.05) is 6.42 Å². The van der Waals surface area contributed by atoms with Crippen molar-refractivity contribution in [3.05, 3.63) is 60.8 Å². The van der Waals surface area contributed by atoms with Gasteiger partial charge >= 0.3 is 7.82 Å². The number of unbranched alkanes of at least 4 members (excludes halogenated alkanes) is 28. The molecule has 0 aromatic heterocycles. The van der Waals surface area contributed by atoms with Crippen LogP contribution in [0.1, 0.15) is 239 Å². The van der Waals surface area contributed by atoms with Gasteiger partial charge in [0.25, 0.3) is 0 Å². The van der Waals surface area contributed by atoms with Crippen LogP contribution in [0.5, 0.6) is 0 Å². The van der Waals surface area contributed by atoms with Crippen LogP contribution in [-0.4, -0.2) is 73.4 Å². The van der Waals surface area contributed by atoms with Crippen molar-refractivity contribution in [2.45, 2.75) is 251 Å². The Kier molecular flexibility index (Phi) is 46.0. The Morgan fingerprint density at radius 3 is 1.34 bits per heavy atom. The van der Waals surface area contributed by atoms with Gasteiger partial charge in [-0.3, -0.25) is 13.8 Å². The highest BCUT2D eigenvalue weighted by molar-refractivity contribution is 7.47. The number of quaternary nitrogens is 1. The molecule has 3 N–H and O–H groups in total. The first kappa shape index (κ1) is 63.2. The predicted molar refractivity (Wildman–Crippen MR) is 281 cm³/mol. The number of phosphoric acid groups is 1. The van der Waals surface area contributed by atoms with Crippen LogP contribution in [0.25, 0.3) is 0 Å². The number of rotatable bonds is 49. The zero-order valence-corrected chi connectivity index (χ0v) is 44.1. The third kappa shape index (κ3) is 49.9. The SMILES string of the molecule is CC/C=C\C/C=C\C/C=C\C/C=C\CCCCCCCCCCCCCCCCCCCCCCCCCCCCC(=O)NC(COP(=O)(O)OCC[N+](C)(C)C)C(O)/C=C/CCCC. The minimum atomic E-state index is -4.32. The van der Waals surface area contributed by atoms with Crippen LogP contribution in [0.2, 0.25) is 0 Å². The maximum Gasteiger partial charge on any atom is 0.472 e. The van der Waals surface area contributed by atoms with E-state index in [9.17, 15) is 19.4 Å². The first-order valence-electron chi connectivity index (χ1n) is 27.2. The average Bonchev–Trinajstić information content (AvgIpc) is 3.26. The molecule has 0 aliphatic rings. The summed E-state index contributed by atoms with van der Waals surface area (Å²) in [5, 5.41) is 13.6. The molecule has 9 heteroatoms. The first-order chi connectivity index (χ1) is 31.5. The summed E-state index contributed by atoms with van der Waals surface area (Å²) >= 11 is 0. The van der Waals surface area contributed by atoms with Crippen LogP contribution < -0.4 is 5.32 Å². The molecule has 0 spiro atoms. The van der Waals surface area contributed by atoms with Crippen LogP contribution in [0.4, 0.5) is 0 Å². The highest BCUT2D eigenvalue weighted by Gasteiger charge is 2.27. The predicted octanol–water partition coefficient (Wildman–Crippen LogP) is 16.1. The van der Waals surface area contributed by atoms with Gasteiger partial charge in [-0.05, 0) is 51.4 Å². The number of hydrogen-bond donors (Lipinski definition) is 3. The Balaban J connectivity index is 3.65. The monoisotopic (exact) mass is 934 g/mol. The van der Waals surface area contributed by atoms with Gasteiger partial charge in [0.1, 0.15) is 13.2 Å². The van der Waals surface area contributed by atoms with Crippen molar-refractivity contribution >= 4 is 13.7 Å². The number of carbonyl (C=O) groups is 1.